The first-order valence-electron chi connectivity index (χ1n) is 7.40. The standard InChI is InChI=1S/C17H17I2N3O3/c1-11(10-25-14-5-3-13(18)4-6-14)21-17-15(19)8-12(9-20-17)2-7-16(23)22-24/h2-9,11,24H,10H2,1H3,(H,20,21)(H,22,23)/b7-2+/t11-/m1/s1. The number of amides is 1. The Labute approximate surface area is 173 Å². The number of nitrogens with one attached hydrogen (secondary N) is 2. The van der Waals surface area contributed by atoms with Gasteiger partial charge in [0.2, 0.25) is 0 Å². The van der Waals surface area contributed by atoms with Gasteiger partial charge >= 0.3 is 0 Å². The molecular formula is C17H17I2N3O3. The molecule has 0 radical (unpaired) electrons. The van der Waals surface area contributed by atoms with Gasteiger partial charge in [-0.1, -0.05) is 0 Å². The van der Waals surface area contributed by atoms with Crippen LogP contribution in [0.1, 0.15) is 12.5 Å². The Bertz CT molecular complexity index is 751. The van der Waals surface area contributed by atoms with Gasteiger partial charge in [-0.05, 0) is 94.1 Å². The maximum Gasteiger partial charge on any atom is 0.267 e. The van der Waals surface area contributed by atoms with Gasteiger partial charge in [-0.25, -0.2) is 10.5 Å². The summed E-state index contributed by atoms with van der Waals surface area (Å²) in [6, 6.07) is 9.86. The summed E-state index contributed by atoms with van der Waals surface area (Å²) in [5.74, 6) is 1.00. The van der Waals surface area contributed by atoms with Gasteiger partial charge in [0, 0.05) is 15.8 Å². The lowest BCUT2D eigenvalue weighted by Crippen LogP contribution is -2.24. The molecule has 0 fully saturated rings. The Morgan fingerprint density at radius 2 is 2.08 bits per heavy atom. The van der Waals surface area contributed by atoms with Gasteiger partial charge in [0.15, 0.2) is 0 Å². The highest BCUT2D eigenvalue weighted by molar-refractivity contribution is 14.1. The van der Waals surface area contributed by atoms with Crippen LogP contribution >= 0.6 is 45.2 Å². The molecule has 0 aliphatic heterocycles. The van der Waals surface area contributed by atoms with Gasteiger partial charge in [-0.3, -0.25) is 10.0 Å². The van der Waals surface area contributed by atoms with Crippen molar-refractivity contribution in [2.45, 2.75) is 13.0 Å². The monoisotopic (exact) mass is 565 g/mol. The van der Waals surface area contributed by atoms with E-state index in [0.29, 0.717) is 6.61 Å². The maximum absolute atomic E-state index is 11.0. The van der Waals surface area contributed by atoms with Crippen LogP contribution in [0.5, 0.6) is 5.75 Å². The number of hydrogen-bond donors (Lipinski definition) is 3. The number of carbonyl (C=O) groups excluding carboxylic acids is 1. The second-order valence-electron chi connectivity index (χ2n) is 5.22. The molecule has 0 aliphatic carbocycles. The first kappa shape index (κ1) is 19.9. The van der Waals surface area contributed by atoms with Crippen LogP contribution in [0.3, 0.4) is 0 Å². The van der Waals surface area contributed by atoms with Crippen LogP contribution in [-0.2, 0) is 4.79 Å². The quantitative estimate of drug-likeness (QED) is 0.207. The van der Waals surface area contributed by atoms with Crippen LogP contribution < -0.4 is 15.5 Å². The number of anilines is 1. The summed E-state index contributed by atoms with van der Waals surface area (Å²) in [7, 11) is 0. The molecule has 1 heterocycles. The fourth-order valence-electron chi connectivity index (χ4n) is 1.89. The van der Waals surface area contributed by atoms with E-state index in [1.165, 1.54) is 9.65 Å². The minimum atomic E-state index is -0.585. The second kappa shape index (κ2) is 9.92. The topological polar surface area (TPSA) is 83.5 Å². The molecule has 1 aromatic carbocycles. The average Bonchev–Trinajstić information content (AvgIpc) is 2.61. The van der Waals surface area contributed by atoms with Crippen molar-refractivity contribution in [1.29, 1.82) is 0 Å². The number of halogens is 2. The fourth-order valence-corrected chi connectivity index (χ4v) is 2.90. The Hall–Kier alpha value is -1.40. The number of nitrogens with zero attached hydrogens (tertiary/aromatic N) is 1. The highest BCUT2D eigenvalue weighted by Crippen LogP contribution is 2.19. The number of pyridine rings is 1. The molecule has 0 saturated heterocycles. The molecule has 2 rings (SSSR count). The number of hydrogen-bond acceptors (Lipinski definition) is 5. The third kappa shape index (κ3) is 6.78. The summed E-state index contributed by atoms with van der Waals surface area (Å²) in [6.45, 7) is 2.53. The zero-order valence-electron chi connectivity index (χ0n) is 13.4. The first-order chi connectivity index (χ1) is 12.0. The molecule has 6 nitrogen and oxygen atoms in total. The Kier molecular flexibility index (Phi) is 7.90. The Balaban J connectivity index is 1.91. The van der Waals surface area contributed by atoms with Crippen molar-refractivity contribution in [1.82, 2.24) is 10.5 Å². The molecular weight excluding hydrogens is 548 g/mol. The molecule has 0 saturated carbocycles. The summed E-state index contributed by atoms with van der Waals surface area (Å²) in [6.07, 6.45) is 4.46. The SMILES string of the molecule is C[C@H](COc1ccc(I)cc1)Nc1ncc(/C=C/C(=O)NO)cc1I. The predicted octanol–water partition coefficient (Wildman–Crippen LogP) is 3.69. The van der Waals surface area contributed by atoms with E-state index in [1.807, 2.05) is 37.3 Å². The lowest BCUT2D eigenvalue weighted by Gasteiger charge is -2.16. The van der Waals surface area contributed by atoms with Crippen LogP contribution in [0.4, 0.5) is 5.82 Å². The number of benzene rings is 1. The normalized spacial score (nSPS) is 12.0. The van der Waals surface area contributed by atoms with Crippen LogP contribution in [0, 0.1) is 7.14 Å². The van der Waals surface area contributed by atoms with E-state index in [4.69, 9.17) is 9.94 Å². The first-order valence-corrected chi connectivity index (χ1v) is 9.56. The highest BCUT2D eigenvalue weighted by atomic mass is 127. The van der Waals surface area contributed by atoms with Crippen molar-refractivity contribution in [2.24, 2.45) is 0 Å². The van der Waals surface area contributed by atoms with Crippen molar-refractivity contribution in [2.75, 3.05) is 11.9 Å². The predicted molar refractivity (Wildman–Crippen MR) is 114 cm³/mol. The number of rotatable bonds is 7. The fraction of sp³-hybridized carbons (Fsp3) is 0.176. The minimum absolute atomic E-state index is 0.0712. The van der Waals surface area contributed by atoms with E-state index in [-0.39, 0.29) is 6.04 Å². The molecule has 3 N–H and O–H groups in total. The van der Waals surface area contributed by atoms with Gasteiger partial charge in [-0.15, -0.1) is 0 Å². The lowest BCUT2D eigenvalue weighted by molar-refractivity contribution is -0.124. The summed E-state index contributed by atoms with van der Waals surface area (Å²) in [5.41, 5.74) is 2.31. The Morgan fingerprint density at radius 3 is 2.72 bits per heavy atom. The van der Waals surface area contributed by atoms with Crippen LogP contribution in [0.2, 0.25) is 0 Å². The minimum Gasteiger partial charge on any atom is -0.491 e. The van der Waals surface area contributed by atoms with Gasteiger partial charge in [-0.2, -0.15) is 0 Å². The molecule has 2 aromatic rings. The van der Waals surface area contributed by atoms with E-state index in [0.717, 1.165) is 20.7 Å². The van der Waals surface area contributed by atoms with E-state index in [9.17, 15) is 4.79 Å². The molecule has 1 atom stereocenters. The Morgan fingerprint density at radius 1 is 1.36 bits per heavy atom. The molecule has 0 aliphatic rings. The number of hydroxylamine groups is 1. The summed E-state index contributed by atoms with van der Waals surface area (Å²) in [4.78, 5) is 15.4. The van der Waals surface area contributed by atoms with Gasteiger partial charge in [0.25, 0.3) is 5.91 Å². The summed E-state index contributed by atoms with van der Waals surface area (Å²) in [5, 5.41) is 11.8. The molecule has 0 unspecified atom stereocenters. The zero-order valence-corrected chi connectivity index (χ0v) is 17.7. The molecule has 132 valence electrons. The van der Waals surface area contributed by atoms with Crippen molar-refractivity contribution < 1.29 is 14.7 Å². The summed E-state index contributed by atoms with van der Waals surface area (Å²) >= 11 is 4.43. The zero-order chi connectivity index (χ0) is 18.2. The van der Waals surface area contributed by atoms with Gasteiger partial charge in [0.1, 0.15) is 18.2 Å². The van der Waals surface area contributed by atoms with Crippen LogP contribution in [-0.4, -0.2) is 28.7 Å². The number of ether oxygens (including phenoxy) is 1. The molecule has 25 heavy (non-hydrogen) atoms. The van der Waals surface area contributed by atoms with E-state index in [2.05, 4.69) is 55.5 Å². The number of aromatic nitrogens is 1. The molecule has 0 spiro atoms. The average molecular weight is 565 g/mol. The molecule has 0 bridgehead atoms. The third-order valence-corrected chi connectivity index (χ3v) is 4.64. The largest absolute Gasteiger partial charge is 0.491 e. The molecule has 8 heteroatoms. The van der Waals surface area contributed by atoms with Crippen molar-refractivity contribution >= 4 is 63.0 Å². The van der Waals surface area contributed by atoms with Crippen molar-refractivity contribution in [3.63, 3.8) is 0 Å². The van der Waals surface area contributed by atoms with Crippen LogP contribution in [0.25, 0.3) is 6.08 Å². The van der Waals surface area contributed by atoms with Gasteiger partial charge in [0.05, 0.1) is 9.61 Å². The van der Waals surface area contributed by atoms with E-state index < -0.39 is 5.91 Å². The molecule has 1 amide bonds. The van der Waals surface area contributed by atoms with Gasteiger partial charge < -0.3 is 10.1 Å². The third-order valence-electron chi connectivity index (χ3n) is 3.10. The van der Waals surface area contributed by atoms with Crippen LogP contribution in [0.15, 0.2) is 42.6 Å². The highest BCUT2D eigenvalue weighted by Gasteiger charge is 2.08. The second-order valence-corrected chi connectivity index (χ2v) is 7.63. The van der Waals surface area contributed by atoms with Crippen molar-refractivity contribution in [3.05, 3.63) is 55.3 Å². The lowest BCUT2D eigenvalue weighted by atomic mass is 10.2. The molecule has 1 aromatic heterocycles. The smallest absolute Gasteiger partial charge is 0.267 e. The van der Waals surface area contributed by atoms with E-state index >= 15 is 0 Å². The number of carbonyl (C=O) groups is 1. The summed E-state index contributed by atoms with van der Waals surface area (Å²) < 4.78 is 7.85. The van der Waals surface area contributed by atoms with Crippen molar-refractivity contribution in [3.8, 4) is 5.75 Å². The van der Waals surface area contributed by atoms with E-state index in [1.54, 1.807) is 17.8 Å². The maximum atomic E-state index is 11.0.